The molecule has 0 spiro atoms. The van der Waals surface area contributed by atoms with E-state index < -0.39 is 17.5 Å². The quantitative estimate of drug-likeness (QED) is 0.358. The Hall–Kier alpha value is -0.200. The molecule has 4 unspecified atom stereocenters. The molecule has 1 aliphatic heterocycles. The van der Waals surface area contributed by atoms with Crippen LogP contribution in [0.5, 0.6) is 0 Å². The van der Waals surface area contributed by atoms with E-state index in [1.54, 1.807) is 14.2 Å². The zero-order valence-corrected chi connectivity index (χ0v) is 23.7. The summed E-state index contributed by atoms with van der Waals surface area (Å²) in [5.74, 6) is 4.30. The van der Waals surface area contributed by atoms with Crippen molar-refractivity contribution in [1.82, 2.24) is 0 Å². The normalized spacial score (nSPS) is 54.7. The molecule has 6 fully saturated rings. The number of fused-ring (bicyclic) bond motifs is 5. The highest BCUT2D eigenvalue weighted by atomic mass is 16.7. The maximum Gasteiger partial charge on any atom is 0.167 e. The van der Waals surface area contributed by atoms with Gasteiger partial charge in [0.25, 0.3) is 0 Å². The Labute approximate surface area is 219 Å². The smallest absolute Gasteiger partial charge is 0.167 e. The first-order chi connectivity index (χ1) is 17.0. The highest BCUT2D eigenvalue weighted by Crippen LogP contribution is 2.71. The third-order valence-electron chi connectivity index (χ3n) is 13.6. The van der Waals surface area contributed by atoms with Gasteiger partial charge in [-0.3, -0.25) is 0 Å². The molecule has 6 rings (SSSR count). The molecule has 5 nitrogen and oxygen atoms in total. The maximum atomic E-state index is 11.9. The lowest BCUT2D eigenvalue weighted by Gasteiger charge is -2.63. The molecular formula is C31H52O5. The van der Waals surface area contributed by atoms with E-state index in [0.717, 1.165) is 50.4 Å². The van der Waals surface area contributed by atoms with E-state index in [2.05, 4.69) is 27.7 Å². The molecular weight excluding hydrogens is 452 g/mol. The molecule has 0 amide bonds. The van der Waals surface area contributed by atoms with Crippen LogP contribution in [-0.4, -0.2) is 54.6 Å². The summed E-state index contributed by atoms with van der Waals surface area (Å²) >= 11 is 0. The van der Waals surface area contributed by atoms with Crippen LogP contribution in [0.3, 0.4) is 0 Å². The average molecular weight is 505 g/mol. The molecule has 0 radical (unpaired) electrons. The Morgan fingerprint density at radius 1 is 1.00 bits per heavy atom. The van der Waals surface area contributed by atoms with Gasteiger partial charge < -0.3 is 24.4 Å². The molecule has 206 valence electrons. The van der Waals surface area contributed by atoms with Crippen LogP contribution in [0.2, 0.25) is 0 Å². The first-order valence-corrected chi connectivity index (χ1v) is 15.1. The highest BCUT2D eigenvalue weighted by Gasteiger charge is 2.71. The number of ether oxygens (including phenoxy) is 3. The number of aliphatic hydroxyl groups excluding tert-OH is 2. The van der Waals surface area contributed by atoms with Crippen molar-refractivity contribution in [2.75, 3.05) is 20.8 Å². The van der Waals surface area contributed by atoms with Gasteiger partial charge in [0.15, 0.2) is 5.79 Å². The van der Waals surface area contributed by atoms with Crippen LogP contribution in [0.1, 0.15) is 91.9 Å². The van der Waals surface area contributed by atoms with Crippen LogP contribution in [0.15, 0.2) is 0 Å². The van der Waals surface area contributed by atoms with Gasteiger partial charge in [0.1, 0.15) is 5.60 Å². The summed E-state index contributed by atoms with van der Waals surface area (Å²) in [6, 6.07) is 0. The van der Waals surface area contributed by atoms with Gasteiger partial charge in [-0.1, -0.05) is 27.7 Å². The third kappa shape index (κ3) is 3.58. The molecule has 0 aromatic heterocycles. The van der Waals surface area contributed by atoms with Gasteiger partial charge in [0, 0.05) is 38.4 Å². The van der Waals surface area contributed by atoms with Crippen LogP contribution in [0.4, 0.5) is 0 Å². The van der Waals surface area contributed by atoms with E-state index in [1.807, 2.05) is 0 Å². The van der Waals surface area contributed by atoms with Crippen molar-refractivity contribution in [3.8, 4) is 0 Å². The van der Waals surface area contributed by atoms with Gasteiger partial charge >= 0.3 is 0 Å². The molecule has 0 bridgehead atoms. The minimum Gasteiger partial charge on any atom is -0.393 e. The molecule has 1 saturated heterocycles. The van der Waals surface area contributed by atoms with E-state index >= 15 is 0 Å². The summed E-state index contributed by atoms with van der Waals surface area (Å²) in [5, 5.41) is 23.5. The molecule has 36 heavy (non-hydrogen) atoms. The second-order valence-electron chi connectivity index (χ2n) is 14.8. The fourth-order valence-corrected chi connectivity index (χ4v) is 11.0. The molecule has 0 aromatic rings. The lowest BCUT2D eigenvalue weighted by molar-refractivity contribution is -0.266. The molecule has 0 aromatic carbocycles. The number of rotatable bonds is 7. The van der Waals surface area contributed by atoms with Crippen LogP contribution < -0.4 is 0 Å². The molecule has 5 aliphatic carbocycles. The minimum atomic E-state index is -0.432. The number of hydrogen-bond donors (Lipinski definition) is 2. The van der Waals surface area contributed by atoms with Crippen molar-refractivity contribution in [2.45, 2.75) is 115 Å². The lowest BCUT2D eigenvalue weighted by atomic mass is 9.43. The first kappa shape index (κ1) is 26.0. The van der Waals surface area contributed by atoms with E-state index in [0.29, 0.717) is 36.2 Å². The second-order valence-corrected chi connectivity index (χ2v) is 14.8. The van der Waals surface area contributed by atoms with Crippen LogP contribution >= 0.6 is 0 Å². The maximum absolute atomic E-state index is 11.9. The van der Waals surface area contributed by atoms with Crippen molar-refractivity contribution in [3.05, 3.63) is 0 Å². The van der Waals surface area contributed by atoms with Gasteiger partial charge in [-0.25, -0.2) is 0 Å². The minimum absolute atomic E-state index is 0.157. The second kappa shape index (κ2) is 8.65. The predicted molar refractivity (Wildman–Crippen MR) is 139 cm³/mol. The summed E-state index contributed by atoms with van der Waals surface area (Å²) in [6.45, 7) is 10.2. The van der Waals surface area contributed by atoms with Gasteiger partial charge in [-0.15, -0.1) is 0 Å². The van der Waals surface area contributed by atoms with Gasteiger partial charge in [-0.05, 0) is 98.2 Å². The summed E-state index contributed by atoms with van der Waals surface area (Å²) in [6.07, 6.45) is 10.1. The van der Waals surface area contributed by atoms with E-state index in [4.69, 9.17) is 14.2 Å². The standard InChI is InChI=1S/C31H52O5/c1-18-13-22(18)19(2)14-27(33)31(17-36-31)25-10-9-23-21-8-7-20-16-30(34-5,35-6)12-11-28(20,3)24(21)15-26(32)29(23,25)4/h18-27,32-33H,7-17H2,1-6H3/t18-,19-,20?,21?,22-,23?,24?,25+,26-,27-,28+,29+,31+/m1/s1. The number of methoxy groups -OCH3 is 2. The van der Waals surface area contributed by atoms with E-state index in [1.165, 1.54) is 25.7 Å². The molecule has 5 heteroatoms. The van der Waals surface area contributed by atoms with Crippen molar-refractivity contribution in [1.29, 1.82) is 0 Å². The summed E-state index contributed by atoms with van der Waals surface area (Å²) < 4.78 is 18.0. The van der Waals surface area contributed by atoms with Crippen LogP contribution in [-0.2, 0) is 14.2 Å². The van der Waals surface area contributed by atoms with Crippen molar-refractivity contribution in [2.24, 2.45) is 58.2 Å². The topological polar surface area (TPSA) is 71.5 Å². The zero-order chi connectivity index (χ0) is 25.7. The zero-order valence-electron chi connectivity index (χ0n) is 23.7. The molecule has 6 aliphatic rings. The van der Waals surface area contributed by atoms with E-state index in [-0.39, 0.29) is 22.9 Å². The number of epoxide rings is 1. The molecule has 1 heterocycles. The third-order valence-corrected chi connectivity index (χ3v) is 13.6. The average Bonchev–Trinajstić information content (AvgIpc) is 3.77. The Morgan fingerprint density at radius 2 is 1.69 bits per heavy atom. The highest BCUT2D eigenvalue weighted by molar-refractivity contribution is 5.19. The van der Waals surface area contributed by atoms with Crippen molar-refractivity contribution >= 4 is 0 Å². The summed E-state index contributed by atoms with van der Waals surface area (Å²) in [4.78, 5) is 0. The van der Waals surface area contributed by atoms with Gasteiger partial charge in [0.05, 0.1) is 18.8 Å². The Bertz CT molecular complexity index is 837. The monoisotopic (exact) mass is 504 g/mol. The van der Waals surface area contributed by atoms with Crippen LogP contribution in [0, 0.1) is 58.2 Å². The summed E-state index contributed by atoms with van der Waals surface area (Å²) in [5.41, 5.74) is -0.338. The fraction of sp³-hybridized carbons (Fsp3) is 1.00. The molecule has 5 saturated carbocycles. The Kier molecular flexibility index (Phi) is 6.26. The fourth-order valence-electron chi connectivity index (χ4n) is 11.0. The predicted octanol–water partition coefficient (Wildman–Crippen LogP) is 5.42. The number of aliphatic hydroxyl groups is 2. The van der Waals surface area contributed by atoms with E-state index in [9.17, 15) is 10.2 Å². The molecule has 13 atom stereocenters. The molecule has 2 N–H and O–H groups in total. The van der Waals surface area contributed by atoms with Gasteiger partial charge in [0.2, 0.25) is 0 Å². The van der Waals surface area contributed by atoms with Crippen molar-refractivity contribution < 1.29 is 24.4 Å². The van der Waals surface area contributed by atoms with Gasteiger partial charge in [-0.2, -0.15) is 0 Å². The first-order valence-electron chi connectivity index (χ1n) is 15.1. The van der Waals surface area contributed by atoms with Crippen LogP contribution in [0.25, 0.3) is 0 Å². The summed E-state index contributed by atoms with van der Waals surface area (Å²) in [7, 11) is 3.59. The Morgan fingerprint density at radius 3 is 2.31 bits per heavy atom. The van der Waals surface area contributed by atoms with Crippen molar-refractivity contribution in [3.63, 3.8) is 0 Å². The number of hydrogen-bond acceptors (Lipinski definition) is 5. The SMILES string of the molecule is COC1(OC)CC[C@@]2(C)C(CCC3C2C[C@@H](O)[C@@]2(C)C3CC[C@@H]2[C@]2([C@H](O)C[C@@H](C)[C@@H]3C[C@H]3C)CO2)C1. The Balaban J connectivity index is 1.22. The largest absolute Gasteiger partial charge is 0.393 e. The lowest BCUT2D eigenvalue weighted by Crippen LogP contribution is -2.61.